The molecule has 1 aromatic rings. The third kappa shape index (κ3) is 3.58. The fourth-order valence-corrected chi connectivity index (χ4v) is 1.48. The van der Waals surface area contributed by atoms with E-state index in [1.807, 2.05) is 27.0 Å². The Bertz CT molecular complexity index is 448. The van der Waals surface area contributed by atoms with E-state index in [1.54, 1.807) is 12.1 Å². The fraction of sp³-hybridized carbons (Fsp3) is 0.385. The second kappa shape index (κ2) is 6.02. The van der Waals surface area contributed by atoms with Crippen molar-refractivity contribution in [1.29, 1.82) is 5.26 Å². The molecule has 0 radical (unpaired) electrons. The number of nitrogens with one attached hydrogen (secondary N) is 2. The first-order valence-electron chi connectivity index (χ1n) is 5.54. The van der Waals surface area contributed by atoms with Crippen LogP contribution in [0.1, 0.15) is 18.1 Å². The third-order valence-corrected chi connectivity index (χ3v) is 2.58. The van der Waals surface area contributed by atoms with Crippen molar-refractivity contribution in [2.45, 2.75) is 13.8 Å². The molecule has 1 amide bonds. The van der Waals surface area contributed by atoms with Gasteiger partial charge in [0, 0.05) is 18.2 Å². The Hall–Kier alpha value is -1.86. The maximum Gasteiger partial charge on any atom is 0.228 e. The van der Waals surface area contributed by atoms with Gasteiger partial charge in [-0.3, -0.25) is 4.79 Å². The van der Waals surface area contributed by atoms with Gasteiger partial charge in [-0.1, -0.05) is 13.0 Å². The van der Waals surface area contributed by atoms with E-state index in [-0.39, 0.29) is 11.8 Å². The molecule has 0 saturated heterocycles. The molecule has 0 aliphatic rings. The number of amides is 1. The van der Waals surface area contributed by atoms with Crippen LogP contribution < -0.4 is 10.6 Å². The number of carbonyl (C=O) groups excluding carboxylic acids is 1. The highest BCUT2D eigenvalue weighted by molar-refractivity contribution is 5.93. The maximum atomic E-state index is 11.8. The van der Waals surface area contributed by atoms with Crippen molar-refractivity contribution in [1.82, 2.24) is 5.32 Å². The standard InChI is InChI=1S/C13H17N3O/c1-9-4-5-11(7-14)6-12(9)16-13(17)10(2)8-15-3/h4-6,10,15H,8H2,1-3H3,(H,16,17). The number of nitriles is 1. The summed E-state index contributed by atoms with van der Waals surface area (Å²) in [5.41, 5.74) is 2.21. The highest BCUT2D eigenvalue weighted by atomic mass is 16.1. The number of nitrogens with zero attached hydrogens (tertiary/aromatic N) is 1. The minimum absolute atomic E-state index is 0.0439. The average Bonchev–Trinajstić information content (AvgIpc) is 2.32. The second-order valence-electron chi connectivity index (χ2n) is 4.09. The van der Waals surface area contributed by atoms with Gasteiger partial charge in [-0.15, -0.1) is 0 Å². The molecule has 1 unspecified atom stereocenters. The molecule has 1 atom stereocenters. The molecule has 0 spiro atoms. The van der Waals surface area contributed by atoms with Crippen LogP contribution >= 0.6 is 0 Å². The predicted octanol–water partition coefficient (Wildman–Crippen LogP) is 1.66. The normalized spacial score (nSPS) is 11.6. The zero-order chi connectivity index (χ0) is 12.8. The van der Waals surface area contributed by atoms with Gasteiger partial charge in [-0.25, -0.2) is 0 Å². The maximum absolute atomic E-state index is 11.8. The van der Waals surface area contributed by atoms with Crippen LogP contribution in [-0.4, -0.2) is 19.5 Å². The molecule has 0 heterocycles. The van der Waals surface area contributed by atoms with Crippen molar-refractivity contribution < 1.29 is 4.79 Å². The van der Waals surface area contributed by atoms with Gasteiger partial charge in [-0.05, 0) is 31.7 Å². The molecule has 17 heavy (non-hydrogen) atoms. The van der Waals surface area contributed by atoms with Gasteiger partial charge in [0.15, 0.2) is 0 Å². The molecule has 0 aliphatic carbocycles. The highest BCUT2D eigenvalue weighted by Crippen LogP contribution is 2.17. The van der Waals surface area contributed by atoms with Crippen LogP contribution in [0.4, 0.5) is 5.69 Å². The van der Waals surface area contributed by atoms with Crippen LogP contribution in [0.25, 0.3) is 0 Å². The van der Waals surface area contributed by atoms with Gasteiger partial charge in [0.1, 0.15) is 0 Å². The van der Waals surface area contributed by atoms with Crippen LogP contribution in [0, 0.1) is 24.2 Å². The molecule has 0 saturated carbocycles. The topological polar surface area (TPSA) is 64.9 Å². The van der Waals surface area contributed by atoms with Crippen molar-refractivity contribution in [3.05, 3.63) is 29.3 Å². The Balaban J connectivity index is 2.81. The summed E-state index contributed by atoms with van der Waals surface area (Å²) in [4.78, 5) is 11.8. The molecule has 2 N–H and O–H groups in total. The molecule has 0 aromatic heterocycles. The molecule has 0 fully saturated rings. The second-order valence-corrected chi connectivity index (χ2v) is 4.09. The summed E-state index contributed by atoms with van der Waals surface area (Å²) in [6.07, 6.45) is 0. The Morgan fingerprint density at radius 3 is 2.82 bits per heavy atom. The fourth-order valence-electron chi connectivity index (χ4n) is 1.48. The molecule has 4 nitrogen and oxygen atoms in total. The summed E-state index contributed by atoms with van der Waals surface area (Å²) in [5.74, 6) is -0.150. The molecule has 1 rings (SSSR count). The van der Waals surface area contributed by atoms with E-state index in [4.69, 9.17) is 5.26 Å². The van der Waals surface area contributed by atoms with Gasteiger partial charge < -0.3 is 10.6 Å². The van der Waals surface area contributed by atoms with Gasteiger partial charge in [0.25, 0.3) is 0 Å². The van der Waals surface area contributed by atoms with Gasteiger partial charge in [0.05, 0.1) is 11.6 Å². The SMILES string of the molecule is CNCC(C)C(=O)Nc1cc(C#N)ccc1C. The number of rotatable bonds is 4. The number of aryl methyl sites for hydroxylation is 1. The van der Waals surface area contributed by atoms with Crippen LogP contribution in [-0.2, 0) is 4.79 Å². The van der Waals surface area contributed by atoms with Crippen molar-refractivity contribution in [3.63, 3.8) is 0 Å². The average molecular weight is 231 g/mol. The number of anilines is 1. The predicted molar refractivity (Wildman–Crippen MR) is 67.6 cm³/mol. The van der Waals surface area contributed by atoms with E-state index >= 15 is 0 Å². The van der Waals surface area contributed by atoms with Gasteiger partial charge in [-0.2, -0.15) is 5.26 Å². The lowest BCUT2D eigenvalue weighted by atomic mass is 10.1. The van der Waals surface area contributed by atoms with E-state index in [0.717, 1.165) is 5.56 Å². The number of hydrogen-bond acceptors (Lipinski definition) is 3. The van der Waals surface area contributed by atoms with E-state index < -0.39 is 0 Å². The van der Waals surface area contributed by atoms with Crippen LogP contribution in [0.5, 0.6) is 0 Å². The van der Waals surface area contributed by atoms with E-state index in [9.17, 15) is 4.79 Å². The lowest BCUT2D eigenvalue weighted by molar-refractivity contribution is -0.119. The number of carbonyl (C=O) groups is 1. The molecule has 4 heteroatoms. The molecule has 90 valence electrons. The van der Waals surface area contributed by atoms with Crippen LogP contribution in [0.3, 0.4) is 0 Å². The molecule has 0 bridgehead atoms. The Labute approximate surface area is 102 Å². The molecular formula is C13H17N3O. The first kappa shape index (κ1) is 13.2. The first-order valence-corrected chi connectivity index (χ1v) is 5.54. The largest absolute Gasteiger partial charge is 0.326 e. The summed E-state index contributed by atoms with van der Waals surface area (Å²) < 4.78 is 0. The smallest absolute Gasteiger partial charge is 0.228 e. The van der Waals surface area contributed by atoms with Gasteiger partial charge >= 0.3 is 0 Å². The minimum Gasteiger partial charge on any atom is -0.326 e. The van der Waals surface area contributed by atoms with Crippen molar-refractivity contribution in [2.24, 2.45) is 5.92 Å². The Morgan fingerprint density at radius 1 is 1.53 bits per heavy atom. The Kier molecular flexibility index (Phi) is 4.68. The van der Waals surface area contributed by atoms with E-state index in [1.165, 1.54) is 0 Å². The van der Waals surface area contributed by atoms with Crippen LogP contribution in [0.15, 0.2) is 18.2 Å². The highest BCUT2D eigenvalue weighted by Gasteiger charge is 2.13. The number of hydrogen-bond donors (Lipinski definition) is 2. The lowest BCUT2D eigenvalue weighted by Crippen LogP contribution is -2.28. The zero-order valence-corrected chi connectivity index (χ0v) is 10.4. The van der Waals surface area contributed by atoms with Crippen molar-refractivity contribution in [3.8, 4) is 6.07 Å². The molecular weight excluding hydrogens is 214 g/mol. The molecule has 0 aliphatic heterocycles. The van der Waals surface area contributed by atoms with Crippen molar-refractivity contribution in [2.75, 3.05) is 18.9 Å². The van der Waals surface area contributed by atoms with E-state index in [2.05, 4.69) is 16.7 Å². The summed E-state index contributed by atoms with van der Waals surface area (Å²) in [6.45, 7) is 4.39. The van der Waals surface area contributed by atoms with Gasteiger partial charge in [0.2, 0.25) is 5.91 Å². The van der Waals surface area contributed by atoms with Crippen molar-refractivity contribution >= 4 is 11.6 Å². The summed E-state index contributed by atoms with van der Waals surface area (Å²) in [6, 6.07) is 7.32. The number of benzene rings is 1. The minimum atomic E-state index is -0.106. The first-order chi connectivity index (χ1) is 8.08. The summed E-state index contributed by atoms with van der Waals surface area (Å²) in [5, 5.41) is 14.6. The summed E-state index contributed by atoms with van der Waals surface area (Å²) >= 11 is 0. The third-order valence-electron chi connectivity index (χ3n) is 2.58. The van der Waals surface area contributed by atoms with E-state index in [0.29, 0.717) is 17.8 Å². The molecule has 1 aromatic carbocycles. The summed E-state index contributed by atoms with van der Waals surface area (Å²) in [7, 11) is 1.81. The zero-order valence-electron chi connectivity index (χ0n) is 10.4. The quantitative estimate of drug-likeness (QED) is 0.828. The Morgan fingerprint density at radius 2 is 2.24 bits per heavy atom. The lowest BCUT2D eigenvalue weighted by Gasteiger charge is -2.13. The monoisotopic (exact) mass is 231 g/mol. The van der Waals surface area contributed by atoms with Crippen LogP contribution in [0.2, 0.25) is 0 Å².